The van der Waals surface area contributed by atoms with Crippen molar-refractivity contribution in [3.63, 3.8) is 0 Å². The molecule has 94 valence electrons. The van der Waals surface area contributed by atoms with Crippen molar-refractivity contribution in [3.05, 3.63) is 34.9 Å². The van der Waals surface area contributed by atoms with Gasteiger partial charge in [-0.3, -0.25) is 4.79 Å². The molecule has 0 saturated carbocycles. The summed E-state index contributed by atoms with van der Waals surface area (Å²) in [5, 5.41) is 9.16. The van der Waals surface area contributed by atoms with Crippen LogP contribution in [0.5, 0.6) is 0 Å². The van der Waals surface area contributed by atoms with Gasteiger partial charge in [-0.25, -0.2) is 0 Å². The minimum atomic E-state index is -0.732. The third-order valence-electron chi connectivity index (χ3n) is 2.34. The van der Waals surface area contributed by atoms with Crippen molar-refractivity contribution in [1.82, 2.24) is 0 Å². The van der Waals surface area contributed by atoms with Gasteiger partial charge in [0.25, 0.3) is 0 Å². The lowest BCUT2D eigenvalue weighted by Gasteiger charge is -2.04. The van der Waals surface area contributed by atoms with Crippen LogP contribution in [0.2, 0.25) is 5.02 Å². The van der Waals surface area contributed by atoms with E-state index >= 15 is 0 Å². The summed E-state index contributed by atoms with van der Waals surface area (Å²) in [6.45, 7) is 1.21. The molecular weight excluding hydrogens is 240 g/mol. The first-order chi connectivity index (χ1) is 8.18. The summed E-state index contributed by atoms with van der Waals surface area (Å²) in [7, 11) is 0. The van der Waals surface area contributed by atoms with Gasteiger partial charge in [0.2, 0.25) is 0 Å². The number of rotatable bonds is 8. The zero-order valence-corrected chi connectivity index (χ0v) is 10.4. The Hall–Kier alpha value is -1.06. The van der Waals surface area contributed by atoms with Crippen LogP contribution in [-0.2, 0) is 16.1 Å². The first kappa shape index (κ1) is 14.0. The van der Waals surface area contributed by atoms with Crippen LogP contribution in [-0.4, -0.2) is 17.7 Å². The Morgan fingerprint density at radius 2 is 2.12 bits per heavy atom. The second-order valence-corrected chi connectivity index (χ2v) is 4.32. The van der Waals surface area contributed by atoms with Crippen LogP contribution in [0, 0.1) is 0 Å². The number of benzene rings is 1. The second-order valence-electron chi connectivity index (χ2n) is 3.89. The Bertz CT molecular complexity index is 352. The van der Waals surface area contributed by atoms with E-state index in [0.717, 1.165) is 24.8 Å². The maximum Gasteiger partial charge on any atom is 0.303 e. The molecule has 0 aliphatic rings. The number of unbranched alkanes of at least 4 members (excludes halogenated alkanes) is 2. The van der Waals surface area contributed by atoms with Crippen LogP contribution in [0.15, 0.2) is 24.3 Å². The molecule has 0 unspecified atom stereocenters. The number of aliphatic carboxylic acids is 1. The normalized spacial score (nSPS) is 10.4. The fourth-order valence-corrected chi connectivity index (χ4v) is 1.69. The van der Waals surface area contributed by atoms with E-state index in [1.54, 1.807) is 0 Å². The summed E-state index contributed by atoms with van der Waals surface area (Å²) in [6.07, 6.45) is 2.75. The monoisotopic (exact) mass is 256 g/mol. The van der Waals surface area contributed by atoms with Crippen LogP contribution in [0.1, 0.15) is 31.2 Å². The van der Waals surface area contributed by atoms with Crippen molar-refractivity contribution in [1.29, 1.82) is 0 Å². The second kappa shape index (κ2) is 8.09. The molecule has 1 aromatic carbocycles. The molecule has 4 heteroatoms. The van der Waals surface area contributed by atoms with Gasteiger partial charge < -0.3 is 9.84 Å². The third kappa shape index (κ3) is 6.97. The fraction of sp³-hybridized carbons (Fsp3) is 0.462. The quantitative estimate of drug-likeness (QED) is 0.724. The topological polar surface area (TPSA) is 46.5 Å². The van der Waals surface area contributed by atoms with E-state index < -0.39 is 5.97 Å². The van der Waals surface area contributed by atoms with Crippen LogP contribution in [0.4, 0.5) is 0 Å². The molecule has 0 amide bonds. The minimum Gasteiger partial charge on any atom is -0.481 e. The van der Waals surface area contributed by atoms with E-state index in [4.69, 9.17) is 21.4 Å². The molecular formula is C13H17ClO3. The molecule has 0 bridgehead atoms. The average Bonchev–Trinajstić information content (AvgIpc) is 2.27. The molecule has 3 nitrogen and oxygen atoms in total. The molecule has 1 aromatic rings. The van der Waals surface area contributed by atoms with E-state index in [-0.39, 0.29) is 6.42 Å². The summed E-state index contributed by atoms with van der Waals surface area (Å²) in [4.78, 5) is 10.3. The fourth-order valence-electron chi connectivity index (χ4n) is 1.47. The zero-order valence-electron chi connectivity index (χ0n) is 9.69. The number of halogens is 1. The molecule has 0 radical (unpaired) electrons. The van der Waals surface area contributed by atoms with Gasteiger partial charge in [0.1, 0.15) is 0 Å². The van der Waals surface area contributed by atoms with Crippen LogP contribution in [0.3, 0.4) is 0 Å². The highest BCUT2D eigenvalue weighted by molar-refractivity contribution is 6.30. The summed E-state index contributed by atoms with van der Waals surface area (Å²) in [5.74, 6) is -0.732. The van der Waals surface area contributed by atoms with Gasteiger partial charge in [-0.2, -0.15) is 0 Å². The Morgan fingerprint density at radius 3 is 2.82 bits per heavy atom. The Labute approximate surface area is 106 Å². The predicted octanol–water partition coefficient (Wildman–Crippen LogP) is 3.50. The minimum absolute atomic E-state index is 0.244. The van der Waals surface area contributed by atoms with Crippen molar-refractivity contribution in [2.75, 3.05) is 6.61 Å². The molecule has 0 aromatic heterocycles. The maximum absolute atomic E-state index is 10.3. The van der Waals surface area contributed by atoms with E-state index in [1.165, 1.54) is 0 Å². The molecule has 0 heterocycles. The Morgan fingerprint density at radius 1 is 1.29 bits per heavy atom. The summed E-state index contributed by atoms with van der Waals surface area (Å²) < 4.78 is 5.48. The standard InChI is InChI=1S/C13H17ClO3/c14-12-6-4-5-11(9-12)10-17-8-3-1-2-7-13(15)16/h4-6,9H,1-3,7-8,10H2,(H,15,16). The lowest BCUT2D eigenvalue weighted by atomic mass is 10.2. The molecule has 1 rings (SSSR count). The van der Waals surface area contributed by atoms with Gasteiger partial charge in [-0.1, -0.05) is 30.2 Å². The lowest BCUT2D eigenvalue weighted by molar-refractivity contribution is -0.137. The largest absolute Gasteiger partial charge is 0.481 e. The molecule has 17 heavy (non-hydrogen) atoms. The summed E-state index contributed by atoms with van der Waals surface area (Å²) in [5.41, 5.74) is 1.06. The average molecular weight is 257 g/mol. The Balaban J connectivity index is 2.03. The number of hydrogen-bond acceptors (Lipinski definition) is 2. The van der Waals surface area contributed by atoms with Crippen molar-refractivity contribution in [3.8, 4) is 0 Å². The highest BCUT2D eigenvalue weighted by Crippen LogP contribution is 2.11. The van der Waals surface area contributed by atoms with Gasteiger partial charge in [0, 0.05) is 18.1 Å². The van der Waals surface area contributed by atoms with E-state index in [1.807, 2.05) is 24.3 Å². The van der Waals surface area contributed by atoms with Crippen LogP contribution < -0.4 is 0 Å². The number of hydrogen-bond donors (Lipinski definition) is 1. The molecule has 1 N–H and O–H groups in total. The van der Waals surface area contributed by atoms with Gasteiger partial charge >= 0.3 is 5.97 Å². The molecule has 0 spiro atoms. The van der Waals surface area contributed by atoms with Crippen molar-refractivity contribution in [2.45, 2.75) is 32.3 Å². The van der Waals surface area contributed by atoms with E-state index in [9.17, 15) is 4.79 Å². The third-order valence-corrected chi connectivity index (χ3v) is 2.57. The highest BCUT2D eigenvalue weighted by Gasteiger charge is 1.97. The number of carboxylic acids is 1. The van der Waals surface area contributed by atoms with E-state index in [2.05, 4.69) is 0 Å². The molecule has 0 fully saturated rings. The molecule has 0 saturated heterocycles. The van der Waals surface area contributed by atoms with Crippen molar-refractivity contribution in [2.24, 2.45) is 0 Å². The van der Waals surface area contributed by atoms with Crippen LogP contribution >= 0.6 is 11.6 Å². The van der Waals surface area contributed by atoms with E-state index in [0.29, 0.717) is 18.2 Å². The van der Waals surface area contributed by atoms with Gasteiger partial charge in [0.15, 0.2) is 0 Å². The molecule has 0 aliphatic carbocycles. The molecule has 0 aliphatic heterocycles. The first-order valence-corrected chi connectivity index (χ1v) is 6.10. The van der Waals surface area contributed by atoms with Crippen LogP contribution in [0.25, 0.3) is 0 Å². The number of carbonyl (C=O) groups is 1. The SMILES string of the molecule is O=C(O)CCCCCOCc1cccc(Cl)c1. The van der Waals surface area contributed by atoms with Crippen molar-refractivity contribution >= 4 is 17.6 Å². The number of carboxylic acid groups (broad SMARTS) is 1. The maximum atomic E-state index is 10.3. The number of ether oxygens (including phenoxy) is 1. The lowest BCUT2D eigenvalue weighted by Crippen LogP contribution is -1.97. The smallest absolute Gasteiger partial charge is 0.303 e. The summed E-state index contributed by atoms with van der Waals surface area (Å²) >= 11 is 5.84. The van der Waals surface area contributed by atoms with Gasteiger partial charge in [-0.05, 0) is 30.5 Å². The molecule has 0 atom stereocenters. The van der Waals surface area contributed by atoms with Crippen molar-refractivity contribution < 1.29 is 14.6 Å². The zero-order chi connectivity index (χ0) is 12.5. The highest BCUT2D eigenvalue weighted by atomic mass is 35.5. The van der Waals surface area contributed by atoms with Gasteiger partial charge in [-0.15, -0.1) is 0 Å². The Kier molecular flexibility index (Phi) is 6.67. The predicted molar refractivity (Wildman–Crippen MR) is 67.2 cm³/mol. The van der Waals surface area contributed by atoms with Gasteiger partial charge in [0.05, 0.1) is 6.61 Å². The summed E-state index contributed by atoms with van der Waals surface area (Å²) in [6, 6.07) is 7.58. The first-order valence-electron chi connectivity index (χ1n) is 5.72.